The summed E-state index contributed by atoms with van der Waals surface area (Å²) in [4.78, 5) is 66.5. The third-order valence-corrected chi connectivity index (χ3v) is 10.2. The van der Waals surface area contributed by atoms with E-state index < -0.39 is 59.5 Å². The minimum atomic E-state index is -1.31. The lowest BCUT2D eigenvalue weighted by atomic mass is 9.94. The molecule has 13 heteroatoms. The Balaban J connectivity index is 1.77. The first-order chi connectivity index (χ1) is 22.1. The van der Waals surface area contributed by atoms with Crippen molar-refractivity contribution in [1.29, 1.82) is 0 Å². The van der Waals surface area contributed by atoms with E-state index in [9.17, 15) is 24.0 Å². The van der Waals surface area contributed by atoms with Crippen LogP contribution >= 0.6 is 11.8 Å². The number of hydrogen-bond acceptors (Lipinski definition) is 9. The highest BCUT2D eigenvalue weighted by atomic mass is 32.2. The van der Waals surface area contributed by atoms with Gasteiger partial charge in [0.2, 0.25) is 5.91 Å². The predicted molar refractivity (Wildman–Crippen MR) is 179 cm³/mol. The molecule has 0 radical (unpaired) electrons. The summed E-state index contributed by atoms with van der Waals surface area (Å²) in [6.07, 6.45) is 0.784. The summed E-state index contributed by atoms with van der Waals surface area (Å²) < 4.78 is 11.7. The van der Waals surface area contributed by atoms with E-state index >= 15 is 0 Å². The molecular weight excluding hydrogens is 624 g/mol. The van der Waals surface area contributed by atoms with Gasteiger partial charge in [0.25, 0.3) is 11.8 Å². The molecule has 0 bridgehead atoms. The van der Waals surface area contributed by atoms with Crippen molar-refractivity contribution in [2.75, 3.05) is 20.6 Å². The smallest absolute Gasteiger partial charge is 0.322 e. The maximum Gasteiger partial charge on any atom is 0.322 e. The van der Waals surface area contributed by atoms with Gasteiger partial charge in [-0.05, 0) is 30.7 Å². The number of benzene rings is 1. The number of rotatable bonds is 17. The first-order valence-corrected chi connectivity index (χ1v) is 17.1. The van der Waals surface area contributed by atoms with Gasteiger partial charge < -0.3 is 35.0 Å². The summed E-state index contributed by atoms with van der Waals surface area (Å²) in [6.45, 7) is 10.6. The summed E-state index contributed by atoms with van der Waals surface area (Å²) >= 11 is 1.37. The molecule has 1 aromatic rings. The molecule has 3 rings (SSSR count). The van der Waals surface area contributed by atoms with Crippen LogP contribution in [-0.2, 0) is 39.9 Å². The number of amides is 3. The molecule has 2 heterocycles. The van der Waals surface area contributed by atoms with Crippen molar-refractivity contribution in [1.82, 2.24) is 20.4 Å². The number of nitrogens with zero attached hydrogens (tertiary/aromatic N) is 2. The molecule has 2 aliphatic rings. The maximum absolute atomic E-state index is 13.8. The summed E-state index contributed by atoms with van der Waals surface area (Å²) in [5.74, 6) is -2.20. The molecule has 12 nitrogen and oxygen atoms in total. The van der Waals surface area contributed by atoms with Crippen LogP contribution in [0, 0.1) is 11.8 Å². The van der Waals surface area contributed by atoms with Crippen molar-refractivity contribution in [3.05, 3.63) is 47.0 Å². The van der Waals surface area contributed by atoms with Crippen molar-refractivity contribution >= 4 is 41.4 Å². The van der Waals surface area contributed by atoms with Crippen LogP contribution in [0.3, 0.4) is 0 Å². The van der Waals surface area contributed by atoms with Gasteiger partial charge in [0.15, 0.2) is 5.60 Å². The normalized spacial score (nSPS) is 22.8. The zero-order chi connectivity index (χ0) is 35.1. The molecule has 2 aliphatic heterocycles. The number of carbonyl (C=O) groups excluding carboxylic acids is 4. The number of epoxide rings is 1. The average Bonchev–Trinajstić information content (AvgIpc) is 3.57. The highest BCUT2D eigenvalue weighted by molar-refractivity contribution is 8.03. The molecule has 1 saturated heterocycles. The molecule has 47 heavy (non-hydrogen) atoms. The van der Waals surface area contributed by atoms with Crippen LogP contribution in [-0.4, -0.2) is 100 Å². The summed E-state index contributed by atoms with van der Waals surface area (Å²) in [6, 6.07) is 8.66. The molecule has 0 aliphatic carbocycles. The van der Waals surface area contributed by atoms with E-state index in [-0.39, 0.29) is 23.8 Å². The molecule has 0 spiro atoms. The number of likely N-dealkylation sites (N-methyl/N-ethyl adjacent to an activating group) is 1. The van der Waals surface area contributed by atoms with Crippen LogP contribution in [0.1, 0.15) is 66.4 Å². The van der Waals surface area contributed by atoms with Gasteiger partial charge in [-0.3, -0.25) is 24.0 Å². The summed E-state index contributed by atoms with van der Waals surface area (Å²) in [5, 5.41) is 15.7. The minimum Gasteiger partial charge on any atom is -0.480 e. The molecule has 3 unspecified atom stereocenters. The Bertz CT molecular complexity index is 1320. The van der Waals surface area contributed by atoms with Gasteiger partial charge in [-0.1, -0.05) is 64.4 Å². The highest BCUT2D eigenvalue weighted by Crippen LogP contribution is 2.41. The van der Waals surface area contributed by atoms with E-state index in [0.29, 0.717) is 25.0 Å². The van der Waals surface area contributed by atoms with Crippen LogP contribution in [0.25, 0.3) is 0 Å². The average molecular weight is 675 g/mol. The van der Waals surface area contributed by atoms with Crippen LogP contribution in [0.2, 0.25) is 0 Å². The third-order valence-electron chi connectivity index (χ3n) is 8.99. The Morgan fingerprint density at radius 2 is 1.81 bits per heavy atom. The lowest BCUT2D eigenvalue weighted by molar-refractivity contribution is -0.149. The molecule has 3 N–H and O–H groups in total. The van der Waals surface area contributed by atoms with Crippen LogP contribution in [0.5, 0.6) is 0 Å². The third kappa shape index (κ3) is 9.96. The number of nitrogens with one attached hydrogen (secondary N) is 2. The second kappa shape index (κ2) is 16.5. The van der Waals surface area contributed by atoms with E-state index in [0.717, 1.165) is 12.0 Å². The van der Waals surface area contributed by atoms with Gasteiger partial charge in [-0.25, -0.2) is 0 Å². The standard InChI is InChI=1S/C34H50N4O8S/c1-9-21(4)15-28(40)37(7)25(20(2)3)17-27(45-22(5)39)32-38(8)26(19-47-32)31(43)36-24(16-23-13-11-10-12-14-23)30-34(6,46-30)33(44)35-18-29(41)42/h10-14,19-21,24-25,27,30,32H,9,15-18H2,1-8H3,(H,35,44)(H,36,43)(H,41,42)/t21-,24-,25+,27+,30?,32?,34?/m0/s1. The van der Waals surface area contributed by atoms with Crippen molar-refractivity contribution in [3.8, 4) is 0 Å². The van der Waals surface area contributed by atoms with Gasteiger partial charge in [-0.15, -0.1) is 11.8 Å². The van der Waals surface area contributed by atoms with Gasteiger partial charge >= 0.3 is 11.9 Å². The number of carboxylic acids is 1. The largest absolute Gasteiger partial charge is 0.480 e. The SMILES string of the molecule is CC[C@H](C)CC(=O)N(C)[C@H](C[C@@H](OC(C)=O)C1SC=C(C(=O)N[C@@H](Cc2ccccc2)C2OC2(C)C(=O)NCC(=O)O)N1C)C(C)C. The maximum atomic E-state index is 13.8. The quantitative estimate of drug-likeness (QED) is 0.166. The molecule has 0 aromatic heterocycles. The van der Waals surface area contributed by atoms with Crippen LogP contribution in [0.15, 0.2) is 41.4 Å². The van der Waals surface area contributed by atoms with E-state index in [1.165, 1.54) is 18.7 Å². The number of thioether (sulfide) groups is 1. The van der Waals surface area contributed by atoms with Crippen molar-refractivity contribution < 1.29 is 38.6 Å². The van der Waals surface area contributed by atoms with Gasteiger partial charge in [0.1, 0.15) is 29.8 Å². The molecule has 3 amide bonds. The van der Waals surface area contributed by atoms with Crippen LogP contribution in [0.4, 0.5) is 0 Å². The van der Waals surface area contributed by atoms with Gasteiger partial charge in [0.05, 0.1) is 6.04 Å². The lowest BCUT2D eigenvalue weighted by Gasteiger charge is -2.37. The first kappa shape index (κ1) is 37.9. The fraction of sp³-hybridized carbons (Fsp3) is 0.618. The number of hydrogen-bond donors (Lipinski definition) is 3. The highest BCUT2D eigenvalue weighted by Gasteiger charge is 2.62. The fourth-order valence-electron chi connectivity index (χ4n) is 5.87. The summed E-state index contributed by atoms with van der Waals surface area (Å²) in [7, 11) is 3.56. The van der Waals surface area contributed by atoms with Gasteiger partial charge in [-0.2, -0.15) is 0 Å². The first-order valence-electron chi connectivity index (χ1n) is 16.1. The molecule has 260 valence electrons. The number of ether oxygens (including phenoxy) is 2. The van der Waals surface area contributed by atoms with Crippen LogP contribution < -0.4 is 10.6 Å². The lowest BCUT2D eigenvalue weighted by Crippen LogP contribution is -2.50. The van der Waals surface area contributed by atoms with E-state index in [2.05, 4.69) is 24.5 Å². The second-order valence-electron chi connectivity index (χ2n) is 13.0. The van der Waals surface area contributed by atoms with Crippen molar-refractivity contribution in [2.45, 2.75) is 102 Å². The minimum absolute atomic E-state index is 0.0423. The zero-order valence-electron chi connectivity index (χ0n) is 28.6. The Morgan fingerprint density at radius 3 is 2.38 bits per heavy atom. The number of carboxylic acid groups (broad SMARTS) is 1. The Hall–Kier alpha value is -3.58. The molecule has 1 aromatic carbocycles. The zero-order valence-corrected chi connectivity index (χ0v) is 29.5. The molecular formula is C34H50N4O8S. The molecule has 7 atom stereocenters. The molecule has 0 saturated carbocycles. The number of carbonyl (C=O) groups is 5. The number of esters is 1. The Kier molecular flexibility index (Phi) is 13.3. The second-order valence-corrected chi connectivity index (χ2v) is 14.0. The van der Waals surface area contributed by atoms with E-state index in [4.69, 9.17) is 14.6 Å². The topological polar surface area (TPSA) is 158 Å². The van der Waals surface area contributed by atoms with Gasteiger partial charge in [0, 0.05) is 45.3 Å². The Labute approximate surface area is 282 Å². The van der Waals surface area contributed by atoms with Crippen molar-refractivity contribution in [2.24, 2.45) is 11.8 Å². The van der Waals surface area contributed by atoms with E-state index in [1.807, 2.05) is 44.2 Å². The predicted octanol–water partition coefficient (Wildman–Crippen LogP) is 3.16. The van der Waals surface area contributed by atoms with E-state index in [1.54, 1.807) is 36.2 Å². The monoisotopic (exact) mass is 674 g/mol. The fourth-order valence-corrected chi connectivity index (χ4v) is 7.05. The van der Waals surface area contributed by atoms with Crippen molar-refractivity contribution in [3.63, 3.8) is 0 Å². The molecule has 1 fully saturated rings. The summed E-state index contributed by atoms with van der Waals surface area (Å²) in [5.41, 5.74) is -0.0282. The number of aliphatic carboxylic acids is 1. The Morgan fingerprint density at radius 1 is 1.15 bits per heavy atom.